The summed E-state index contributed by atoms with van der Waals surface area (Å²) in [6.07, 6.45) is 1.77. The van der Waals surface area contributed by atoms with Crippen molar-refractivity contribution in [3.63, 3.8) is 0 Å². The van der Waals surface area contributed by atoms with Gasteiger partial charge in [-0.3, -0.25) is 4.79 Å². The van der Waals surface area contributed by atoms with Gasteiger partial charge in [0.25, 0.3) is 5.56 Å². The molecular formula is C16H13BrN4O3S. The van der Waals surface area contributed by atoms with Crippen LogP contribution < -0.4 is 15.0 Å². The van der Waals surface area contributed by atoms with Gasteiger partial charge in [-0.25, -0.2) is 4.98 Å². The highest BCUT2D eigenvalue weighted by molar-refractivity contribution is 9.10. The third-order valence-electron chi connectivity index (χ3n) is 3.08. The maximum atomic E-state index is 12.1. The molecular weight excluding hydrogens is 408 g/mol. The van der Waals surface area contributed by atoms with Crippen molar-refractivity contribution in [2.45, 2.75) is 12.1 Å². The second-order valence-electron chi connectivity index (χ2n) is 4.57. The lowest BCUT2D eigenvalue weighted by molar-refractivity contribution is 0.298. The Balaban J connectivity index is 2.70. The minimum absolute atomic E-state index is 0.0911. The van der Waals surface area contributed by atoms with Gasteiger partial charge in [-0.05, 0) is 41.2 Å². The number of rotatable bonds is 6. The summed E-state index contributed by atoms with van der Waals surface area (Å²) in [4.78, 5) is 19.0. The van der Waals surface area contributed by atoms with Crippen LogP contribution >= 0.6 is 27.7 Å². The maximum Gasteiger partial charge on any atom is 0.270 e. The number of hydrogen-bond donors (Lipinski definition) is 1. The molecule has 1 heterocycles. The van der Waals surface area contributed by atoms with E-state index in [1.165, 1.54) is 11.8 Å². The Kier molecular flexibility index (Phi) is 6.45. The van der Waals surface area contributed by atoms with E-state index in [-0.39, 0.29) is 17.9 Å². The van der Waals surface area contributed by atoms with Crippen LogP contribution in [0.25, 0.3) is 11.3 Å². The Morgan fingerprint density at radius 3 is 2.64 bits per heavy atom. The molecule has 0 radical (unpaired) electrons. The lowest BCUT2D eigenvalue weighted by Gasteiger charge is -2.14. The van der Waals surface area contributed by atoms with E-state index in [0.29, 0.717) is 33.3 Å². The smallest absolute Gasteiger partial charge is 0.270 e. The number of benzene rings is 1. The molecule has 0 atom stereocenters. The molecule has 2 aromatic rings. The van der Waals surface area contributed by atoms with Crippen molar-refractivity contribution in [2.75, 3.05) is 19.5 Å². The molecule has 1 aromatic heterocycles. The Labute approximate surface area is 156 Å². The molecule has 0 spiro atoms. The average molecular weight is 421 g/mol. The van der Waals surface area contributed by atoms with Crippen LogP contribution in [0.4, 0.5) is 0 Å². The highest BCUT2D eigenvalue weighted by Crippen LogP contribution is 2.39. The Morgan fingerprint density at radius 2 is 2.04 bits per heavy atom. The van der Waals surface area contributed by atoms with Gasteiger partial charge >= 0.3 is 0 Å². The van der Waals surface area contributed by atoms with E-state index in [4.69, 9.17) is 14.7 Å². The topological polar surface area (TPSA) is 112 Å². The van der Waals surface area contributed by atoms with E-state index >= 15 is 0 Å². The Bertz CT molecular complexity index is 931. The van der Waals surface area contributed by atoms with Crippen LogP contribution in [0.3, 0.4) is 0 Å². The minimum atomic E-state index is -0.508. The van der Waals surface area contributed by atoms with Crippen molar-refractivity contribution in [3.05, 3.63) is 32.5 Å². The van der Waals surface area contributed by atoms with E-state index in [9.17, 15) is 10.1 Å². The van der Waals surface area contributed by atoms with E-state index in [1.54, 1.807) is 18.4 Å². The van der Waals surface area contributed by atoms with Crippen molar-refractivity contribution < 1.29 is 9.47 Å². The summed E-state index contributed by atoms with van der Waals surface area (Å²) in [7, 11) is 0. The molecule has 0 aliphatic carbocycles. The van der Waals surface area contributed by atoms with Gasteiger partial charge in [-0.1, -0.05) is 11.8 Å². The van der Waals surface area contributed by atoms with Crippen molar-refractivity contribution >= 4 is 27.7 Å². The third kappa shape index (κ3) is 4.13. The highest BCUT2D eigenvalue weighted by atomic mass is 79.9. The lowest BCUT2D eigenvalue weighted by Crippen LogP contribution is -2.14. The predicted molar refractivity (Wildman–Crippen MR) is 96.8 cm³/mol. The van der Waals surface area contributed by atoms with E-state index in [2.05, 4.69) is 25.9 Å². The SMILES string of the molecule is CCOc1cc(-c2nc(SC)[nH]c(=O)c2C#N)c(Br)cc1OCC#N. The number of aromatic nitrogens is 2. The number of H-pyrrole nitrogens is 1. The number of halogens is 1. The highest BCUT2D eigenvalue weighted by Gasteiger charge is 2.19. The standard InChI is InChI=1S/C16H13BrN4O3S/c1-3-23-12-6-9(11(17)7-13(12)24-5-4-18)14-10(8-19)15(22)21-16(20-14)25-2/h6-7H,3,5H2,1-2H3,(H,20,21,22). The van der Waals surface area contributed by atoms with E-state index < -0.39 is 5.56 Å². The van der Waals surface area contributed by atoms with E-state index in [1.807, 2.05) is 19.1 Å². The summed E-state index contributed by atoms with van der Waals surface area (Å²) in [6, 6.07) is 7.04. The fraction of sp³-hybridized carbons (Fsp3) is 0.250. The van der Waals surface area contributed by atoms with Crippen molar-refractivity contribution in [1.29, 1.82) is 10.5 Å². The summed E-state index contributed by atoms with van der Waals surface area (Å²) >= 11 is 4.67. The number of nitriles is 2. The summed E-state index contributed by atoms with van der Waals surface area (Å²) in [5.41, 5.74) is 0.166. The zero-order valence-corrected chi connectivity index (χ0v) is 15.8. The first-order valence-electron chi connectivity index (χ1n) is 7.10. The lowest BCUT2D eigenvalue weighted by atomic mass is 10.1. The summed E-state index contributed by atoms with van der Waals surface area (Å²) in [5.74, 6) is 0.778. The van der Waals surface area contributed by atoms with Crippen LogP contribution in [0, 0.1) is 22.7 Å². The number of hydrogen-bond acceptors (Lipinski definition) is 7. The van der Waals surface area contributed by atoms with Crippen LogP contribution in [-0.4, -0.2) is 29.4 Å². The molecule has 25 heavy (non-hydrogen) atoms. The molecule has 0 unspecified atom stereocenters. The number of nitrogens with one attached hydrogen (secondary N) is 1. The normalized spacial score (nSPS) is 9.96. The molecule has 0 fully saturated rings. The molecule has 0 amide bonds. The zero-order chi connectivity index (χ0) is 18.4. The largest absolute Gasteiger partial charge is 0.490 e. The molecule has 2 rings (SSSR count). The summed E-state index contributed by atoms with van der Waals surface area (Å²) in [6.45, 7) is 2.07. The quantitative estimate of drug-likeness (QED) is 0.564. The van der Waals surface area contributed by atoms with Gasteiger partial charge in [-0.15, -0.1) is 0 Å². The van der Waals surface area contributed by atoms with Gasteiger partial charge in [0.1, 0.15) is 17.7 Å². The van der Waals surface area contributed by atoms with Gasteiger partial charge in [0.15, 0.2) is 23.3 Å². The van der Waals surface area contributed by atoms with Crippen LogP contribution in [0.15, 0.2) is 26.6 Å². The Morgan fingerprint density at radius 1 is 1.32 bits per heavy atom. The van der Waals surface area contributed by atoms with Crippen LogP contribution in [-0.2, 0) is 0 Å². The van der Waals surface area contributed by atoms with E-state index in [0.717, 1.165) is 0 Å². The molecule has 0 aliphatic rings. The third-order valence-corrected chi connectivity index (χ3v) is 4.32. The van der Waals surface area contributed by atoms with Crippen molar-refractivity contribution in [2.24, 2.45) is 0 Å². The molecule has 9 heteroatoms. The fourth-order valence-corrected chi connectivity index (χ4v) is 2.94. The van der Waals surface area contributed by atoms with Crippen molar-refractivity contribution in [3.8, 4) is 34.9 Å². The van der Waals surface area contributed by atoms with Gasteiger partial charge in [-0.2, -0.15) is 10.5 Å². The minimum Gasteiger partial charge on any atom is -0.490 e. The fourth-order valence-electron chi connectivity index (χ4n) is 2.06. The molecule has 1 N–H and O–H groups in total. The molecule has 128 valence electrons. The van der Waals surface area contributed by atoms with Crippen LogP contribution in [0.2, 0.25) is 0 Å². The molecule has 0 aliphatic heterocycles. The monoisotopic (exact) mass is 420 g/mol. The number of aromatic amines is 1. The molecule has 0 bridgehead atoms. The molecule has 0 saturated carbocycles. The average Bonchev–Trinajstić information content (AvgIpc) is 2.61. The van der Waals surface area contributed by atoms with Crippen LogP contribution in [0.5, 0.6) is 11.5 Å². The van der Waals surface area contributed by atoms with Crippen molar-refractivity contribution in [1.82, 2.24) is 9.97 Å². The maximum absolute atomic E-state index is 12.1. The summed E-state index contributed by atoms with van der Waals surface area (Å²) in [5, 5.41) is 18.4. The second kappa shape index (κ2) is 8.56. The zero-order valence-electron chi connectivity index (χ0n) is 13.4. The van der Waals surface area contributed by atoms with Gasteiger partial charge in [0.05, 0.1) is 12.3 Å². The first kappa shape index (κ1) is 18.8. The first-order chi connectivity index (χ1) is 12.0. The first-order valence-corrected chi connectivity index (χ1v) is 9.12. The van der Waals surface area contributed by atoms with Gasteiger partial charge in [0, 0.05) is 10.0 Å². The summed E-state index contributed by atoms with van der Waals surface area (Å²) < 4.78 is 11.5. The molecule has 7 nitrogen and oxygen atoms in total. The second-order valence-corrected chi connectivity index (χ2v) is 6.22. The van der Waals surface area contributed by atoms with Gasteiger partial charge in [0.2, 0.25) is 0 Å². The molecule has 1 aromatic carbocycles. The number of thioether (sulfide) groups is 1. The number of ether oxygens (including phenoxy) is 2. The molecule has 0 saturated heterocycles. The predicted octanol–water partition coefficient (Wildman–Crippen LogP) is 3.09. The Hall–Kier alpha value is -2.49. The van der Waals surface area contributed by atoms with Crippen LogP contribution in [0.1, 0.15) is 12.5 Å². The van der Waals surface area contributed by atoms with Gasteiger partial charge < -0.3 is 14.5 Å². The number of nitrogens with zero attached hydrogens (tertiary/aromatic N) is 3.